The predicted molar refractivity (Wildman–Crippen MR) is 132 cm³/mol. The van der Waals surface area contributed by atoms with Gasteiger partial charge in [-0.3, -0.25) is 14.6 Å². The van der Waals surface area contributed by atoms with E-state index in [1.807, 2.05) is 0 Å². The van der Waals surface area contributed by atoms with Gasteiger partial charge in [0.25, 0.3) is 5.91 Å². The Balaban J connectivity index is 1.31. The maximum absolute atomic E-state index is 14.8. The van der Waals surface area contributed by atoms with E-state index in [9.17, 15) is 18.8 Å². The van der Waals surface area contributed by atoms with Gasteiger partial charge < -0.3 is 25.0 Å². The summed E-state index contributed by atoms with van der Waals surface area (Å²) in [4.78, 5) is 42.8. The third kappa shape index (κ3) is 5.56. The first kappa shape index (κ1) is 24.0. The number of aromatic nitrogens is 1. The van der Waals surface area contributed by atoms with Crippen LogP contribution >= 0.6 is 11.3 Å². The smallest absolute Gasteiger partial charge is 0.319 e. The number of ether oxygens (including phenoxy) is 2. The van der Waals surface area contributed by atoms with Crippen molar-refractivity contribution in [1.29, 1.82) is 0 Å². The first-order chi connectivity index (χ1) is 17.4. The fourth-order valence-corrected chi connectivity index (χ4v) is 5.10. The van der Waals surface area contributed by atoms with Crippen molar-refractivity contribution in [3.8, 4) is 11.5 Å². The second-order valence-electron chi connectivity index (χ2n) is 8.88. The molecule has 5 rings (SSSR count). The van der Waals surface area contributed by atoms with E-state index in [1.54, 1.807) is 23.1 Å². The van der Waals surface area contributed by atoms with Crippen LogP contribution in [0.5, 0.6) is 11.5 Å². The number of halogens is 1. The highest BCUT2D eigenvalue weighted by Crippen LogP contribution is 2.37. The lowest BCUT2D eigenvalue weighted by molar-refractivity contribution is -0.148. The summed E-state index contributed by atoms with van der Waals surface area (Å²) in [5, 5.41) is 5.39. The van der Waals surface area contributed by atoms with Crippen molar-refractivity contribution in [2.45, 2.75) is 44.8 Å². The molecule has 2 fully saturated rings. The van der Waals surface area contributed by atoms with Gasteiger partial charge in [-0.15, -0.1) is 11.3 Å². The molecule has 2 aliphatic rings. The molecule has 1 aliphatic heterocycles. The van der Waals surface area contributed by atoms with Gasteiger partial charge in [0.2, 0.25) is 0 Å². The summed E-state index contributed by atoms with van der Waals surface area (Å²) in [5.74, 6) is -0.822. The van der Waals surface area contributed by atoms with Crippen molar-refractivity contribution < 1.29 is 28.2 Å². The number of pyridine rings is 1. The summed E-state index contributed by atoms with van der Waals surface area (Å²) >= 11 is 1.21. The zero-order valence-electron chi connectivity index (χ0n) is 19.6. The maximum atomic E-state index is 14.8. The number of likely N-dealkylation sites (tertiary alicyclic amines) is 1. The lowest BCUT2D eigenvalue weighted by Crippen LogP contribution is -2.43. The van der Waals surface area contributed by atoms with E-state index in [0.717, 1.165) is 25.7 Å². The third-order valence-electron chi connectivity index (χ3n) is 5.91. The molecule has 0 bridgehead atoms. The SMILES string of the molecule is CC(=O)O[C@@H]1CCCN(C(=O)c2cc3nccc(Oc4ccc(NC(=O)NC5CC5)cc4F)c3s2)C1. The Hall–Kier alpha value is -3.73. The van der Waals surface area contributed by atoms with Gasteiger partial charge in [-0.2, -0.15) is 0 Å². The largest absolute Gasteiger partial charge is 0.461 e. The van der Waals surface area contributed by atoms with Crippen molar-refractivity contribution in [1.82, 2.24) is 15.2 Å². The van der Waals surface area contributed by atoms with E-state index in [2.05, 4.69) is 15.6 Å². The Bertz CT molecular complexity index is 1330. The molecule has 0 unspecified atom stereocenters. The summed E-state index contributed by atoms with van der Waals surface area (Å²) in [6, 6.07) is 7.31. The van der Waals surface area contributed by atoms with Crippen LogP contribution in [0.15, 0.2) is 36.5 Å². The molecular weight excluding hydrogens is 487 g/mol. The number of nitrogens with zero attached hydrogens (tertiary/aromatic N) is 2. The molecule has 1 aliphatic carbocycles. The first-order valence-electron chi connectivity index (χ1n) is 11.8. The number of carbonyl (C=O) groups excluding carboxylic acids is 3. The van der Waals surface area contributed by atoms with Gasteiger partial charge in [0.15, 0.2) is 11.6 Å². The summed E-state index contributed by atoms with van der Waals surface area (Å²) in [7, 11) is 0. The summed E-state index contributed by atoms with van der Waals surface area (Å²) in [5.41, 5.74) is 0.875. The number of nitrogens with one attached hydrogen (secondary N) is 2. The molecule has 0 spiro atoms. The molecule has 0 radical (unpaired) electrons. The summed E-state index contributed by atoms with van der Waals surface area (Å²) in [6.07, 6.45) is 4.60. The number of carbonyl (C=O) groups is 3. The van der Waals surface area contributed by atoms with Crippen LogP contribution in [0.2, 0.25) is 0 Å². The van der Waals surface area contributed by atoms with Crippen molar-refractivity contribution >= 4 is 45.1 Å². The second kappa shape index (κ2) is 10.1. The van der Waals surface area contributed by atoms with Crippen LogP contribution < -0.4 is 15.4 Å². The van der Waals surface area contributed by atoms with Crippen molar-refractivity contribution in [2.24, 2.45) is 0 Å². The summed E-state index contributed by atoms with van der Waals surface area (Å²) in [6.45, 7) is 2.28. The van der Waals surface area contributed by atoms with E-state index in [0.29, 0.717) is 39.6 Å². The number of fused-ring (bicyclic) bond motifs is 1. The number of benzene rings is 1. The molecule has 3 aromatic rings. The number of piperidine rings is 1. The van der Waals surface area contributed by atoms with Crippen molar-refractivity contribution in [3.05, 3.63) is 47.2 Å². The Labute approximate surface area is 210 Å². The zero-order chi connectivity index (χ0) is 25.2. The van der Waals surface area contributed by atoms with Gasteiger partial charge in [-0.05, 0) is 43.9 Å². The fourth-order valence-electron chi connectivity index (χ4n) is 4.07. The van der Waals surface area contributed by atoms with Crippen LogP contribution in [0.25, 0.3) is 10.2 Å². The first-order valence-corrected chi connectivity index (χ1v) is 12.6. The highest BCUT2D eigenvalue weighted by atomic mass is 32.1. The molecule has 1 aromatic carbocycles. The normalized spacial score (nSPS) is 17.5. The van der Waals surface area contributed by atoms with E-state index in [1.165, 1.54) is 36.6 Å². The van der Waals surface area contributed by atoms with Gasteiger partial charge in [-0.25, -0.2) is 9.18 Å². The molecule has 2 N–H and O–H groups in total. The Morgan fingerprint density at radius 1 is 1.14 bits per heavy atom. The van der Waals surface area contributed by atoms with Crippen LogP contribution in [0.1, 0.15) is 42.3 Å². The Morgan fingerprint density at radius 3 is 2.72 bits per heavy atom. The lowest BCUT2D eigenvalue weighted by Gasteiger charge is -2.31. The van der Waals surface area contributed by atoms with Crippen LogP contribution in [-0.2, 0) is 9.53 Å². The molecule has 3 heterocycles. The molecule has 1 saturated carbocycles. The number of rotatable bonds is 6. The van der Waals surface area contributed by atoms with E-state index >= 15 is 0 Å². The number of esters is 1. The molecule has 11 heteroatoms. The standard InChI is InChI=1S/C25H25FN4O5S/c1-14(31)34-17-3-2-10-30(13-17)24(32)22-12-19-23(36-22)21(8-9-27-19)35-20-7-6-16(11-18(20)26)29-25(33)28-15-4-5-15/h6-9,11-12,15,17H,2-5,10,13H2,1H3,(H2,28,29,33)/t17-/m1/s1. The molecule has 3 amide bonds. The monoisotopic (exact) mass is 512 g/mol. The van der Waals surface area contributed by atoms with Gasteiger partial charge in [-0.1, -0.05) is 0 Å². The van der Waals surface area contributed by atoms with Gasteiger partial charge >= 0.3 is 12.0 Å². The zero-order valence-corrected chi connectivity index (χ0v) is 20.4. The quantitative estimate of drug-likeness (QED) is 0.464. The molecule has 2 aromatic heterocycles. The lowest BCUT2D eigenvalue weighted by atomic mass is 10.1. The van der Waals surface area contributed by atoms with Gasteiger partial charge in [0, 0.05) is 43.5 Å². The molecule has 1 atom stereocenters. The Morgan fingerprint density at radius 2 is 1.97 bits per heavy atom. The molecule has 1 saturated heterocycles. The van der Waals surface area contributed by atoms with E-state index in [-0.39, 0.29) is 35.8 Å². The minimum absolute atomic E-state index is 0.0165. The minimum atomic E-state index is -0.637. The average Bonchev–Trinajstić information content (AvgIpc) is 3.53. The maximum Gasteiger partial charge on any atom is 0.319 e. The topological polar surface area (TPSA) is 110 Å². The van der Waals surface area contributed by atoms with Crippen LogP contribution in [0, 0.1) is 5.82 Å². The Kier molecular flexibility index (Phi) is 6.73. The van der Waals surface area contributed by atoms with Crippen molar-refractivity contribution in [3.63, 3.8) is 0 Å². The number of urea groups is 1. The molecular formula is C25H25FN4O5S. The van der Waals surface area contributed by atoms with Crippen LogP contribution in [0.3, 0.4) is 0 Å². The minimum Gasteiger partial charge on any atom is -0.461 e. The number of amides is 3. The number of hydrogen-bond donors (Lipinski definition) is 2. The van der Waals surface area contributed by atoms with Crippen molar-refractivity contribution in [2.75, 3.05) is 18.4 Å². The number of thiophene rings is 1. The predicted octanol–water partition coefficient (Wildman–Crippen LogP) is 4.68. The van der Waals surface area contributed by atoms with Gasteiger partial charge in [0.1, 0.15) is 11.9 Å². The number of anilines is 1. The average molecular weight is 513 g/mol. The summed E-state index contributed by atoms with van der Waals surface area (Å²) < 4.78 is 26.5. The second-order valence-corrected chi connectivity index (χ2v) is 9.93. The highest BCUT2D eigenvalue weighted by Gasteiger charge is 2.28. The number of hydrogen-bond acceptors (Lipinski definition) is 7. The fraction of sp³-hybridized carbons (Fsp3) is 0.360. The highest BCUT2D eigenvalue weighted by molar-refractivity contribution is 7.21. The van der Waals surface area contributed by atoms with Crippen LogP contribution in [-0.4, -0.2) is 53.0 Å². The molecule has 36 heavy (non-hydrogen) atoms. The third-order valence-corrected chi connectivity index (χ3v) is 7.03. The van der Waals surface area contributed by atoms with E-state index in [4.69, 9.17) is 9.47 Å². The van der Waals surface area contributed by atoms with E-state index < -0.39 is 5.82 Å². The van der Waals surface area contributed by atoms with Gasteiger partial charge in [0.05, 0.1) is 21.6 Å². The molecule has 188 valence electrons. The van der Waals surface area contributed by atoms with Crippen LogP contribution in [0.4, 0.5) is 14.9 Å². The molecule has 9 nitrogen and oxygen atoms in total.